The lowest BCUT2D eigenvalue weighted by molar-refractivity contribution is 0.0706. The van der Waals surface area contributed by atoms with E-state index in [4.69, 9.17) is 0 Å². The molecule has 170 valence electrons. The van der Waals surface area contributed by atoms with Gasteiger partial charge in [-0.3, -0.25) is 14.4 Å². The van der Waals surface area contributed by atoms with Crippen molar-refractivity contribution < 1.29 is 9.59 Å². The van der Waals surface area contributed by atoms with E-state index < -0.39 is 11.3 Å². The van der Waals surface area contributed by atoms with Crippen molar-refractivity contribution in [3.63, 3.8) is 0 Å². The van der Waals surface area contributed by atoms with Crippen molar-refractivity contribution in [2.24, 2.45) is 10.8 Å². The first-order valence-electron chi connectivity index (χ1n) is 11.5. The van der Waals surface area contributed by atoms with Gasteiger partial charge in [-0.1, -0.05) is 51.1 Å². The third kappa shape index (κ3) is 4.36. The van der Waals surface area contributed by atoms with Crippen LogP contribution in [0.1, 0.15) is 73.2 Å². The van der Waals surface area contributed by atoms with Crippen LogP contribution in [-0.4, -0.2) is 40.4 Å². The Bertz CT molecular complexity index is 1090. The molecule has 4 rings (SSSR count). The maximum atomic E-state index is 13.7. The van der Waals surface area contributed by atoms with Gasteiger partial charge in [0.2, 0.25) is 5.43 Å². The average Bonchev–Trinajstić information content (AvgIpc) is 2.98. The molecular weight excluding hydrogens is 402 g/mol. The molecule has 1 saturated carbocycles. The van der Waals surface area contributed by atoms with Gasteiger partial charge in [-0.05, 0) is 42.6 Å². The van der Waals surface area contributed by atoms with Crippen molar-refractivity contribution in [2.75, 3.05) is 13.1 Å². The van der Waals surface area contributed by atoms with Crippen molar-refractivity contribution in [3.8, 4) is 0 Å². The van der Waals surface area contributed by atoms with Gasteiger partial charge in [0.15, 0.2) is 0 Å². The van der Waals surface area contributed by atoms with Gasteiger partial charge in [-0.15, -0.1) is 0 Å². The highest BCUT2D eigenvalue weighted by Gasteiger charge is 2.51. The number of fused-ring (bicyclic) bond motifs is 2. The summed E-state index contributed by atoms with van der Waals surface area (Å²) >= 11 is 0. The van der Waals surface area contributed by atoms with Gasteiger partial charge in [0.25, 0.3) is 11.8 Å². The molecule has 6 nitrogen and oxygen atoms in total. The minimum Gasteiger partial charge on any atom is -0.352 e. The van der Waals surface area contributed by atoms with Crippen LogP contribution >= 0.6 is 0 Å². The number of hydrogen-bond donors (Lipinski definition) is 1. The smallest absolute Gasteiger partial charge is 0.259 e. The molecule has 2 heterocycles. The highest BCUT2D eigenvalue weighted by molar-refractivity contribution is 5.99. The highest BCUT2D eigenvalue weighted by atomic mass is 16.2. The van der Waals surface area contributed by atoms with Crippen LogP contribution in [0.2, 0.25) is 0 Å². The number of likely N-dealkylation sites (tertiary alicyclic amines) is 1. The number of benzene rings is 1. The molecule has 0 unspecified atom stereocenters. The monoisotopic (exact) mass is 435 g/mol. The van der Waals surface area contributed by atoms with Crippen molar-refractivity contribution in [1.82, 2.24) is 14.8 Å². The van der Waals surface area contributed by atoms with Crippen LogP contribution in [0.3, 0.4) is 0 Å². The lowest BCUT2D eigenvalue weighted by Gasteiger charge is -2.39. The molecule has 6 heteroatoms. The van der Waals surface area contributed by atoms with Crippen LogP contribution in [0.25, 0.3) is 0 Å². The predicted octanol–water partition coefficient (Wildman–Crippen LogP) is 3.69. The Morgan fingerprint density at radius 3 is 2.44 bits per heavy atom. The number of pyridine rings is 1. The number of carbonyl (C=O) groups excluding carboxylic acids is 2. The van der Waals surface area contributed by atoms with Crippen molar-refractivity contribution in [3.05, 3.63) is 69.6 Å². The third-order valence-corrected chi connectivity index (χ3v) is 6.78. The van der Waals surface area contributed by atoms with E-state index in [0.717, 1.165) is 24.8 Å². The summed E-state index contributed by atoms with van der Waals surface area (Å²) < 4.78 is 1.78. The minimum atomic E-state index is -0.490. The molecule has 2 atom stereocenters. The first kappa shape index (κ1) is 22.3. The third-order valence-electron chi connectivity index (χ3n) is 6.78. The summed E-state index contributed by atoms with van der Waals surface area (Å²) in [5.74, 6) is -0.698. The van der Waals surface area contributed by atoms with E-state index in [1.807, 2.05) is 42.2 Å². The molecule has 1 aromatic carbocycles. The fourth-order valence-electron chi connectivity index (χ4n) is 5.94. The summed E-state index contributed by atoms with van der Waals surface area (Å²) in [4.78, 5) is 41.5. The Labute approximate surface area is 189 Å². The molecular formula is C26H33N3O3. The number of nitrogens with one attached hydrogen (secondary N) is 1. The Morgan fingerprint density at radius 1 is 1.06 bits per heavy atom. The van der Waals surface area contributed by atoms with Gasteiger partial charge in [0.05, 0.1) is 0 Å². The van der Waals surface area contributed by atoms with Gasteiger partial charge < -0.3 is 14.8 Å². The van der Waals surface area contributed by atoms with Crippen LogP contribution in [0.5, 0.6) is 0 Å². The molecule has 1 aromatic heterocycles. The van der Waals surface area contributed by atoms with E-state index in [1.54, 1.807) is 17.0 Å². The minimum absolute atomic E-state index is 0.0161. The molecule has 2 aromatic rings. The summed E-state index contributed by atoms with van der Waals surface area (Å²) in [7, 11) is 0. The van der Waals surface area contributed by atoms with Gasteiger partial charge >= 0.3 is 0 Å². The van der Waals surface area contributed by atoms with E-state index in [-0.39, 0.29) is 33.9 Å². The molecule has 2 amide bonds. The molecule has 1 saturated heterocycles. The number of rotatable bonds is 5. The summed E-state index contributed by atoms with van der Waals surface area (Å²) in [5.41, 5.74) is 0.880. The summed E-state index contributed by atoms with van der Waals surface area (Å²) in [6, 6.07) is 9.93. The molecule has 0 spiro atoms. The summed E-state index contributed by atoms with van der Waals surface area (Å²) in [6.07, 6.45) is 6.15. The number of aromatic nitrogens is 1. The van der Waals surface area contributed by atoms with E-state index in [1.165, 1.54) is 0 Å². The van der Waals surface area contributed by atoms with E-state index in [2.05, 4.69) is 26.1 Å². The van der Waals surface area contributed by atoms with Gasteiger partial charge in [0.1, 0.15) is 11.1 Å². The Hall–Kier alpha value is -2.89. The zero-order valence-electron chi connectivity index (χ0n) is 19.5. The Morgan fingerprint density at radius 2 is 1.75 bits per heavy atom. The van der Waals surface area contributed by atoms with Gasteiger partial charge in [-0.2, -0.15) is 0 Å². The van der Waals surface area contributed by atoms with Crippen molar-refractivity contribution >= 4 is 11.8 Å². The first-order chi connectivity index (χ1) is 15.1. The topological polar surface area (TPSA) is 71.4 Å². The van der Waals surface area contributed by atoms with Crippen molar-refractivity contribution in [2.45, 2.75) is 59.5 Å². The number of hydrogen-bond acceptors (Lipinski definition) is 3. The molecule has 2 aliphatic rings. The lowest BCUT2D eigenvalue weighted by Crippen LogP contribution is -2.41. The van der Waals surface area contributed by atoms with Crippen LogP contribution in [0.15, 0.2) is 47.5 Å². The molecule has 2 fully saturated rings. The molecule has 1 aliphatic carbocycles. The predicted molar refractivity (Wildman–Crippen MR) is 125 cm³/mol. The Balaban J connectivity index is 1.73. The summed E-state index contributed by atoms with van der Waals surface area (Å²) in [6.45, 7) is 10.1. The molecule has 1 aliphatic heterocycles. The maximum absolute atomic E-state index is 13.7. The van der Waals surface area contributed by atoms with E-state index >= 15 is 0 Å². The van der Waals surface area contributed by atoms with E-state index in [9.17, 15) is 14.4 Å². The molecule has 32 heavy (non-hydrogen) atoms. The standard InChI is InChI=1S/C26H33N3O3/c1-5-27-23(31)20-14-28(13-18-9-7-6-8-10-18)15-21(22(20)30)24(32)29-17-26(4)12-19(29)11-25(2,3)16-26/h6-10,14-15,19H,5,11-13,16-17H2,1-4H3,(H,27,31)/t19-,26-/m1/s1. The second-order valence-electron chi connectivity index (χ2n) is 10.6. The summed E-state index contributed by atoms with van der Waals surface area (Å²) in [5, 5.41) is 2.71. The number of amides is 2. The Kier molecular flexibility index (Phi) is 5.74. The normalized spacial score (nSPS) is 23.8. The quantitative estimate of drug-likeness (QED) is 0.779. The van der Waals surface area contributed by atoms with Crippen LogP contribution in [-0.2, 0) is 6.54 Å². The van der Waals surface area contributed by atoms with Gasteiger partial charge in [0, 0.05) is 38.1 Å². The van der Waals surface area contributed by atoms with Crippen LogP contribution in [0, 0.1) is 10.8 Å². The zero-order valence-corrected chi connectivity index (χ0v) is 19.5. The SMILES string of the molecule is CCNC(=O)c1cn(Cc2ccccc2)cc(C(=O)N2C[C@]3(C)C[C@H]2CC(C)(C)C3)c1=O. The molecule has 0 radical (unpaired) electrons. The first-order valence-corrected chi connectivity index (χ1v) is 11.5. The second kappa shape index (κ2) is 8.23. The van der Waals surface area contributed by atoms with Crippen LogP contribution < -0.4 is 10.7 Å². The zero-order chi connectivity index (χ0) is 23.1. The molecule has 2 bridgehead atoms. The average molecular weight is 436 g/mol. The number of carbonyl (C=O) groups is 2. The van der Waals surface area contributed by atoms with Crippen LogP contribution in [0.4, 0.5) is 0 Å². The fraction of sp³-hybridized carbons (Fsp3) is 0.500. The lowest BCUT2D eigenvalue weighted by atomic mass is 9.65. The highest BCUT2D eigenvalue weighted by Crippen LogP contribution is 2.52. The number of nitrogens with zero attached hydrogens (tertiary/aromatic N) is 2. The molecule has 1 N–H and O–H groups in total. The maximum Gasteiger partial charge on any atom is 0.259 e. The van der Waals surface area contributed by atoms with Crippen molar-refractivity contribution in [1.29, 1.82) is 0 Å². The fourth-order valence-corrected chi connectivity index (χ4v) is 5.94. The van der Waals surface area contributed by atoms with Gasteiger partial charge in [-0.25, -0.2) is 0 Å². The second-order valence-corrected chi connectivity index (χ2v) is 10.6. The largest absolute Gasteiger partial charge is 0.352 e. The van der Waals surface area contributed by atoms with E-state index in [0.29, 0.717) is 19.6 Å².